The normalized spacial score (nSPS) is 10.6. The molecule has 112 valence electrons. The van der Waals surface area contributed by atoms with Crippen LogP contribution in [-0.2, 0) is 11.2 Å². The molecule has 0 amide bonds. The predicted octanol–water partition coefficient (Wildman–Crippen LogP) is 2.12. The molecule has 0 aliphatic carbocycles. The number of para-hydroxylation sites is 1. The molecule has 0 fully saturated rings. The van der Waals surface area contributed by atoms with Crippen molar-refractivity contribution in [2.24, 2.45) is 0 Å². The Bertz CT molecular complexity index is 826. The number of ether oxygens (including phenoxy) is 2. The van der Waals surface area contributed by atoms with Gasteiger partial charge in [0.1, 0.15) is 11.6 Å². The molecule has 0 aliphatic heterocycles. The molecule has 0 unspecified atom stereocenters. The van der Waals surface area contributed by atoms with Crippen LogP contribution in [0.3, 0.4) is 0 Å². The minimum atomic E-state index is -0.392. The van der Waals surface area contributed by atoms with E-state index in [1.165, 1.54) is 7.11 Å². The second-order valence-corrected chi connectivity index (χ2v) is 4.74. The Morgan fingerprint density at radius 3 is 2.77 bits per heavy atom. The number of aromatic nitrogens is 3. The lowest BCUT2D eigenvalue weighted by molar-refractivity contribution is 0.0600. The molecule has 0 aliphatic rings. The third kappa shape index (κ3) is 2.50. The van der Waals surface area contributed by atoms with E-state index in [0.29, 0.717) is 17.6 Å². The lowest BCUT2D eigenvalue weighted by atomic mass is 10.1. The van der Waals surface area contributed by atoms with E-state index in [9.17, 15) is 4.79 Å². The molecule has 3 aromatic rings. The Balaban J connectivity index is 1.97. The number of methoxy groups -OCH3 is 2. The summed E-state index contributed by atoms with van der Waals surface area (Å²) in [5, 5.41) is 8.31. The largest absolute Gasteiger partial charge is 0.496 e. The van der Waals surface area contributed by atoms with Crippen LogP contribution < -0.4 is 4.74 Å². The van der Waals surface area contributed by atoms with Crippen LogP contribution in [-0.4, -0.2) is 34.8 Å². The summed E-state index contributed by atoms with van der Waals surface area (Å²) in [6, 6.07) is 11.1. The minimum absolute atomic E-state index is 0.392. The first-order valence-electron chi connectivity index (χ1n) is 6.77. The van der Waals surface area contributed by atoms with Crippen molar-refractivity contribution in [1.29, 1.82) is 0 Å². The fourth-order valence-electron chi connectivity index (χ4n) is 2.33. The van der Waals surface area contributed by atoms with E-state index in [-0.39, 0.29) is 0 Å². The van der Waals surface area contributed by atoms with Crippen LogP contribution in [0.1, 0.15) is 21.7 Å². The van der Waals surface area contributed by atoms with Gasteiger partial charge in [0, 0.05) is 18.2 Å². The van der Waals surface area contributed by atoms with Crippen molar-refractivity contribution in [3.63, 3.8) is 0 Å². The van der Waals surface area contributed by atoms with Crippen LogP contribution in [0.5, 0.6) is 5.75 Å². The Morgan fingerprint density at radius 1 is 1.18 bits per heavy atom. The first-order valence-corrected chi connectivity index (χ1v) is 6.77. The Morgan fingerprint density at radius 2 is 2.00 bits per heavy atom. The van der Waals surface area contributed by atoms with Gasteiger partial charge >= 0.3 is 5.97 Å². The van der Waals surface area contributed by atoms with Gasteiger partial charge in [-0.2, -0.15) is 0 Å². The summed E-state index contributed by atoms with van der Waals surface area (Å²) in [6.07, 6.45) is 2.36. The summed E-state index contributed by atoms with van der Waals surface area (Å²) in [7, 11) is 2.99. The Labute approximate surface area is 127 Å². The highest BCUT2D eigenvalue weighted by atomic mass is 16.5. The van der Waals surface area contributed by atoms with Crippen molar-refractivity contribution < 1.29 is 14.3 Å². The van der Waals surface area contributed by atoms with Gasteiger partial charge in [0.05, 0.1) is 19.8 Å². The molecule has 6 heteroatoms. The molecule has 3 rings (SSSR count). The van der Waals surface area contributed by atoms with Gasteiger partial charge in [-0.05, 0) is 18.2 Å². The van der Waals surface area contributed by atoms with Gasteiger partial charge in [0.25, 0.3) is 0 Å². The maximum atomic E-state index is 11.5. The van der Waals surface area contributed by atoms with E-state index in [4.69, 9.17) is 9.47 Å². The predicted molar refractivity (Wildman–Crippen MR) is 80.1 cm³/mol. The van der Waals surface area contributed by atoms with E-state index >= 15 is 0 Å². The number of hydrogen-bond donors (Lipinski definition) is 0. The second kappa shape index (κ2) is 5.85. The summed E-state index contributed by atoms with van der Waals surface area (Å²) in [6.45, 7) is 0. The van der Waals surface area contributed by atoms with E-state index in [1.54, 1.807) is 25.4 Å². The zero-order chi connectivity index (χ0) is 15.5. The minimum Gasteiger partial charge on any atom is -0.496 e. The van der Waals surface area contributed by atoms with Gasteiger partial charge in [0.15, 0.2) is 5.65 Å². The number of carbonyl (C=O) groups excluding carboxylic acids is 1. The number of benzene rings is 1. The molecule has 0 saturated heterocycles. The molecule has 6 nitrogen and oxygen atoms in total. The Hall–Kier alpha value is -2.89. The van der Waals surface area contributed by atoms with Gasteiger partial charge in [0.2, 0.25) is 0 Å². The van der Waals surface area contributed by atoms with Gasteiger partial charge in [-0.3, -0.25) is 4.40 Å². The molecule has 2 heterocycles. The molecular weight excluding hydrogens is 282 g/mol. The monoisotopic (exact) mass is 297 g/mol. The summed E-state index contributed by atoms with van der Waals surface area (Å²) in [5.41, 5.74) is 2.08. The van der Waals surface area contributed by atoms with E-state index in [1.807, 2.05) is 28.7 Å². The number of hydrogen-bond acceptors (Lipinski definition) is 5. The van der Waals surface area contributed by atoms with Crippen LogP contribution in [0.15, 0.2) is 42.6 Å². The van der Waals surface area contributed by atoms with Crippen molar-refractivity contribution in [2.75, 3.05) is 14.2 Å². The van der Waals surface area contributed by atoms with Gasteiger partial charge in [-0.25, -0.2) is 4.79 Å². The number of nitrogens with zero attached hydrogens (tertiary/aromatic N) is 3. The van der Waals surface area contributed by atoms with E-state index in [2.05, 4.69) is 10.2 Å². The van der Waals surface area contributed by atoms with Gasteiger partial charge in [-0.15, -0.1) is 10.2 Å². The fraction of sp³-hybridized carbons (Fsp3) is 0.188. The highest BCUT2D eigenvalue weighted by Gasteiger charge is 2.12. The molecular formula is C16H15N3O3. The number of fused-ring (bicyclic) bond motifs is 1. The summed E-state index contributed by atoms with van der Waals surface area (Å²) in [4.78, 5) is 11.5. The molecule has 0 spiro atoms. The van der Waals surface area contributed by atoms with E-state index in [0.717, 1.165) is 17.1 Å². The first kappa shape index (κ1) is 14.1. The summed E-state index contributed by atoms with van der Waals surface area (Å²) >= 11 is 0. The molecule has 2 aromatic heterocycles. The highest BCUT2D eigenvalue weighted by Crippen LogP contribution is 2.20. The lowest BCUT2D eigenvalue weighted by Crippen LogP contribution is -2.03. The van der Waals surface area contributed by atoms with Crippen LogP contribution in [0.2, 0.25) is 0 Å². The van der Waals surface area contributed by atoms with Crippen molar-refractivity contribution in [3.8, 4) is 5.75 Å². The molecule has 0 radical (unpaired) electrons. The van der Waals surface area contributed by atoms with Crippen LogP contribution in [0, 0.1) is 0 Å². The third-order valence-corrected chi connectivity index (χ3v) is 3.44. The van der Waals surface area contributed by atoms with Gasteiger partial charge < -0.3 is 9.47 Å². The molecule has 22 heavy (non-hydrogen) atoms. The van der Waals surface area contributed by atoms with Gasteiger partial charge in [-0.1, -0.05) is 18.2 Å². The summed E-state index contributed by atoms with van der Waals surface area (Å²) in [5.74, 6) is 1.19. The maximum Gasteiger partial charge on any atom is 0.338 e. The average molecular weight is 297 g/mol. The first-order chi connectivity index (χ1) is 10.7. The summed E-state index contributed by atoms with van der Waals surface area (Å²) < 4.78 is 11.9. The number of pyridine rings is 1. The number of carbonyl (C=O) groups is 1. The molecule has 0 saturated carbocycles. The zero-order valence-corrected chi connectivity index (χ0v) is 12.3. The van der Waals surface area contributed by atoms with Crippen molar-refractivity contribution in [3.05, 3.63) is 59.5 Å². The fourth-order valence-corrected chi connectivity index (χ4v) is 2.33. The molecule has 0 atom stereocenters. The van der Waals surface area contributed by atoms with Crippen LogP contribution in [0.25, 0.3) is 5.65 Å². The quantitative estimate of drug-likeness (QED) is 0.690. The smallest absolute Gasteiger partial charge is 0.338 e. The lowest BCUT2D eigenvalue weighted by Gasteiger charge is -2.07. The van der Waals surface area contributed by atoms with Crippen molar-refractivity contribution in [1.82, 2.24) is 14.6 Å². The average Bonchev–Trinajstić information content (AvgIpc) is 2.97. The molecule has 1 aromatic carbocycles. The third-order valence-electron chi connectivity index (χ3n) is 3.44. The van der Waals surface area contributed by atoms with E-state index < -0.39 is 5.97 Å². The molecule has 0 N–H and O–H groups in total. The number of esters is 1. The second-order valence-electron chi connectivity index (χ2n) is 4.74. The van der Waals surface area contributed by atoms with Crippen LogP contribution >= 0.6 is 0 Å². The SMILES string of the molecule is COC(=O)c1ccn2c(Cc3ccccc3OC)nnc2c1. The van der Waals surface area contributed by atoms with Crippen molar-refractivity contribution in [2.45, 2.75) is 6.42 Å². The standard InChI is InChI=1S/C16H15N3O3/c1-21-13-6-4-3-5-11(13)9-14-17-18-15-10-12(16(20)22-2)7-8-19(14)15/h3-8,10H,9H2,1-2H3. The Kier molecular flexibility index (Phi) is 3.74. The highest BCUT2D eigenvalue weighted by molar-refractivity contribution is 5.90. The van der Waals surface area contributed by atoms with Crippen LogP contribution in [0.4, 0.5) is 0 Å². The zero-order valence-electron chi connectivity index (χ0n) is 12.3. The topological polar surface area (TPSA) is 65.7 Å². The number of rotatable bonds is 4. The molecule has 0 bridgehead atoms. The maximum absolute atomic E-state index is 11.5. The van der Waals surface area contributed by atoms with Crippen molar-refractivity contribution >= 4 is 11.6 Å².